The number of nitrogens with zero attached hydrogens (tertiary/aromatic N) is 1. The summed E-state index contributed by atoms with van der Waals surface area (Å²) in [5.74, 6) is 0.325. The highest BCUT2D eigenvalue weighted by atomic mass is 79.9. The van der Waals surface area contributed by atoms with Gasteiger partial charge in [0.25, 0.3) is 5.91 Å². The van der Waals surface area contributed by atoms with E-state index in [9.17, 15) is 9.59 Å². The molecular formula is C23H15Br3N2O5. The number of rotatable bonds is 5. The third-order valence-corrected chi connectivity index (χ3v) is 6.01. The summed E-state index contributed by atoms with van der Waals surface area (Å²) in [6.45, 7) is 0.0658. The third-order valence-electron chi connectivity index (χ3n) is 4.47. The number of ether oxygens (including phenoxy) is 3. The first-order chi connectivity index (χ1) is 15.9. The Hall–Kier alpha value is -2.69. The fraction of sp³-hybridized carbons (Fsp3) is 0.0870. The van der Waals surface area contributed by atoms with Gasteiger partial charge < -0.3 is 14.2 Å². The molecule has 1 N–H and O–H groups in total. The minimum absolute atomic E-state index is 0.0658. The Kier molecular flexibility index (Phi) is 7.46. The molecule has 1 aliphatic rings. The van der Waals surface area contributed by atoms with Crippen LogP contribution in [-0.4, -0.2) is 30.8 Å². The molecule has 168 valence electrons. The maximum atomic E-state index is 12.6. The minimum atomic E-state index is -0.847. The first-order valence-corrected chi connectivity index (χ1v) is 12.0. The standard InChI is InChI=1S/C23H15Br3N2O5/c24-15-5-3-4-13(8-15)23(30)33-21-14(9-16(25)10-17(21)26)11-27-28-22(29)20-12-31-18-6-1-2-7-19(18)32-20/h1-11,20H,12H2,(H,28,29)/b27-11-/t20-/m0/s1. The molecule has 1 amide bonds. The van der Waals surface area contributed by atoms with Gasteiger partial charge >= 0.3 is 5.97 Å². The number of carbonyl (C=O) groups excluding carboxylic acids is 2. The van der Waals surface area contributed by atoms with Gasteiger partial charge in [-0.15, -0.1) is 0 Å². The quantitative estimate of drug-likeness (QED) is 0.173. The summed E-state index contributed by atoms with van der Waals surface area (Å²) in [5, 5.41) is 4.01. The zero-order valence-corrected chi connectivity index (χ0v) is 21.5. The molecule has 0 saturated carbocycles. The maximum Gasteiger partial charge on any atom is 0.343 e. The predicted molar refractivity (Wildman–Crippen MR) is 133 cm³/mol. The Bertz CT molecular complexity index is 1250. The molecule has 0 radical (unpaired) electrons. The van der Waals surface area contributed by atoms with Gasteiger partial charge in [-0.05, 0) is 58.4 Å². The van der Waals surface area contributed by atoms with Gasteiger partial charge in [0.1, 0.15) is 6.61 Å². The van der Waals surface area contributed by atoms with Crippen LogP contribution in [0.2, 0.25) is 0 Å². The molecule has 1 heterocycles. The Morgan fingerprint density at radius 2 is 1.79 bits per heavy atom. The van der Waals surface area contributed by atoms with Crippen molar-refractivity contribution in [3.05, 3.63) is 85.2 Å². The molecule has 3 aromatic rings. The smallest absolute Gasteiger partial charge is 0.343 e. The molecule has 0 aliphatic carbocycles. The molecular weight excluding hydrogens is 624 g/mol. The van der Waals surface area contributed by atoms with Crippen molar-refractivity contribution in [1.29, 1.82) is 0 Å². The Morgan fingerprint density at radius 1 is 1.00 bits per heavy atom. The molecule has 1 aliphatic heterocycles. The van der Waals surface area contributed by atoms with Crippen LogP contribution in [0.25, 0.3) is 0 Å². The van der Waals surface area contributed by atoms with Gasteiger partial charge in [0.15, 0.2) is 17.2 Å². The lowest BCUT2D eigenvalue weighted by molar-refractivity contribution is -0.130. The number of hydrazone groups is 1. The van der Waals surface area contributed by atoms with Gasteiger partial charge in [-0.3, -0.25) is 4.79 Å². The van der Waals surface area contributed by atoms with E-state index in [2.05, 4.69) is 58.3 Å². The highest BCUT2D eigenvalue weighted by Crippen LogP contribution is 2.33. The molecule has 0 spiro atoms. The summed E-state index contributed by atoms with van der Waals surface area (Å²) < 4.78 is 18.9. The lowest BCUT2D eigenvalue weighted by atomic mass is 10.2. The number of fused-ring (bicyclic) bond motifs is 1. The van der Waals surface area contributed by atoms with Gasteiger partial charge in [-0.2, -0.15) is 5.10 Å². The normalized spacial score (nSPS) is 14.7. The van der Waals surface area contributed by atoms with E-state index in [1.807, 2.05) is 12.1 Å². The minimum Gasteiger partial charge on any atom is -0.485 e. The summed E-state index contributed by atoms with van der Waals surface area (Å²) in [6.07, 6.45) is 0.536. The highest BCUT2D eigenvalue weighted by molar-refractivity contribution is 9.11. The largest absolute Gasteiger partial charge is 0.485 e. The summed E-state index contributed by atoms with van der Waals surface area (Å²) in [6, 6.07) is 17.4. The van der Waals surface area contributed by atoms with E-state index in [-0.39, 0.29) is 12.4 Å². The van der Waals surface area contributed by atoms with Gasteiger partial charge in [0.2, 0.25) is 6.10 Å². The number of benzene rings is 3. The van der Waals surface area contributed by atoms with Crippen LogP contribution >= 0.6 is 47.8 Å². The van der Waals surface area contributed by atoms with Crippen LogP contribution in [-0.2, 0) is 4.79 Å². The first-order valence-electron chi connectivity index (χ1n) is 9.59. The molecule has 7 nitrogen and oxygen atoms in total. The number of amides is 1. The lowest BCUT2D eigenvalue weighted by Crippen LogP contribution is -2.42. The van der Waals surface area contributed by atoms with E-state index in [1.165, 1.54) is 6.21 Å². The Balaban J connectivity index is 1.47. The van der Waals surface area contributed by atoms with Crippen LogP contribution in [0, 0.1) is 0 Å². The number of esters is 1. The van der Waals surface area contributed by atoms with Crippen molar-refractivity contribution < 1.29 is 23.8 Å². The lowest BCUT2D eigenvalue weighted by Gasteiger charge is -2.24. The Morgan fingerprint density at radius 3 is 2.58 bits per heavy atom. The van der Waals surface area contributed by atoms with Crippen LogP contribution in [0.3, 0.4) is 0 Å². The summed E-state index contributed by atoms with van der Waals surface area (Å²) >= 11 is 10.2. The molecule has 0 unspecified atom stereocenters. The molecule has 1 atom stereocenters. The van der Waals surface area contributed by atoms with E-state index in [0.717, 1.165) is 8.95 Å². The van der Waals surface area contributed by atoms with Crippen LogP contribution in [0.4, 0.5) is 0 Å². The number of nitrogens with one attached hydrogen (secondary N) is 1. The molecule has 33 heavy (non-hydrogen) atoms. The zero-order chi connectivity index (χ0) is 23.4. The van der Waals surface area contributed by atoms with Gasteiger partial charge in [-0.1, -0.05) is 50.1 Å². The third kappa shape index (κ3) is 5.82. The van der Waals surface area contributed by atoms with E-state index >= 15 is 0 Å². The average molecular weight is 639 g/mol. The van der Waals surface area contributed by atoms with Gasteiger partial charge in [0.05, 0.1) is 16.3 Å². The number of para-hydroxylation sites is 2. The van der Waals surface area contributed by atoms with Crippen molar-refractivity contribution in [3.8, 4) is 17.2 Å². The zero-order valence-electron chi connectivity index (χ0n) is 16.8. The predicted octanol–water partition coefficient (Wildman–Crippen LogP) is 5.48. The summed E-state index contributed by atoms with van der Waals surface area (Å²) in [5.41, 5.74) is 3.28. The molecule has 10 heteroatoms. The van der Waals surface area contributed by atoms with Crippen molar-refractivity contribution in [2.75, 3.05) is 6.61 Å². The van der Waals surface area contributed by atoms with E-state index in [0.29, 0.717) is 27.1 Å². The van der Waals surface area contributed by atoms with E-state index < -0.39 is 18.0 Å². The molecule has 0 fully saturated rings. The van der Waals surface area contributed by atoms with Crippen LogP contribution in [0.1, 0.15) is 15.9 Å². The average Bonchev–Trinajstić information content (AvgIpc) is 2.80. The van der Waals surface area contributed by atoms with Crippen LogP contribution in [0.15, 0.2) is 79.2 Å². The van der Waals surface area contributed by atoms with Crippen molar-refractivity contribution in [3.63, 3.8) is 0 Å². The van der Waals surface area contributed by atoms with Gasteiger partial charge in [-0.25, -0.2) is 10.2 Å². The molecule has 4 rings (SSSR count). The first kappa shape index (κ1) is 23.5. The fourth-order valence-corrected chi connectivity index (χ4v) is 4.68. The van der Waals surface area contributed by atoms with Gasteiger partial charge in [0, 0.05) is 14.5 Å². The van der Waals surface area contributed by atoms with Crippen molar-refractivity contribution in [1.82, 2.24) is 5.43 Å². The second-order valence-corrected chi connectivity index (χ2v) is 9.49. The second kappa shape index (κ2) is 10.5. The number of carbonyl (C=O) groups is 2. The van der Waals surface area contributed by atoms with Crippen molar-refractivity contribution >= 4 is 65.9 Å². The highest BCUT2D eigenvalue weighted by Gasteiger charge is 2.27. The summed E-state index contributed by atoms with van der Waals surface area (Å²) in [7, 11) is 0. The second-order valence-electron chi connectivity index (χ2n) is 6.80. The SMILES string of the molecule is O=C(Oc1c(Br)cc(Br)cc1/C=N\NC(=O)[C@@H]1COc2ccccc2O1)c1cccc(Br)c1. The number of halogens is 3. The molecule has 0 saturated heterocycles. The molecule has 3 aromatic carbocycles. The topological polar surface area (TPSA) is 86.2 Å². The van der Waals surface area contributed by atoms with Crippen LogP contribution in [0.5, 0.6) is 17.2 Å². The maximum absolute atomic E-state index is 12.6. The molecule has 0 bridgehead atoms. The number of hydrogen-bond donors (Lipinski definition) is 1. The summed E-state index contributed by atoms with van der Waals surface area (Å²) in [4.78, 5) is 25.1. The fourth-order valence-electron chi connectivity index (χ4n) is 2.94. The monoisotopic (exact) mass is 636 g/mol. The van der Waals surface area contributed by atoms with E-state index in [4.69, 9.17) is 14.2 Å². The molecule has 0 aromatic heterocycles. The Labute approximate surface area is 214 Å². The van der Waals surface area contributed by atoms with Crippen LogP contribution < -0.4 is 19.6 Å². The van der Waals surface area contributed by atoms with Crippen molar-refractivity contribution in [2.45, 2.75) is 6.10 Å². The van der Waals surface area contributed by atoms with E-state index in [1.54, 1.807) is 48.5 Å². The van der Waals surface area contributed by atoms with Crippen molar-refractivity contribution in [2.24, 2.45) is 5.10 Å². The number of hydrogen-bond acceptors (Lipinski definition) is 6.